The minimum Gasteiger partial charge on any atom is -0.744 e. The van der Waals surface area contributed by atoms with Crippen molar-refractivity contribution in [2.24, 2.45) is 0 Å². The van der Waals surface area contributed by atoms with Gasteiger partial charge in [0, 0.05) is 78.4 Å². The van der Waals surface area contributed by atoms with E-state index in [0.717, 1.165) is 12.1 Å². The van der Waals surface area contributed by atoms with Crippen molar-refractivity contribution in [3.63, 3.8) is 0 Å². The molecule has 6 rings (SSSR count). The smallest absolute Gasteiger partial charge is 0.303 e. The van der Waals surface area contributed by atoms with E-state index >= 15 is 0 Å². The fourth-order valence-corrected chi connectivity index (χ4v) is 13.9. The number of unbranched alkanes of at least 4 members (excludes halogenated alkanes) is 2. The number of methoxy groups -OCH3 is 1. The van der Waals surface area contributed by atoms with Crippen molar-refractivity contribution < 1.29 is 108 Å². The summed E-state index contributed by atoms with van der Waals surface area (Å²) < 4.78 is 215. The summed E-state index contributed by atoms with van der Waals surface area (Å²) in [5, 5.41) is 9.10. The molecule has 0 saturated heterocycles. The Morgan fingerprint density at radius 1 is 0.614 bits per heavy atom. The van der Waals surface area contributed by atoms with Crippen molar-refractivity contribution in [2.45, 2.75) is 96.1 Å². The third-order valence-electron chi connectivity index (χ3n) is 14.5. The maximum Gasteiger partial charge on any atom is 0.303 e. The molecule has 4 aromatic rings. The van der Waals surface area contributed by atoms with E-state index in [4.69, 9.17) is 28.4 Å². The van der Waals surface area contributed by atoms with Gasteiger partial charge in [-0.15, -0.1) is 0 Å². The molecule has 30 heteroatoms. The molecule has 0 spiro atoms. The van der Waals surface area contributed by atoms with Crippen LogP contribution in [0.15, 0.2) is 92.0 Å². The lowest BCUT2D eigenvalue weighted by atomic mass is 9.74. The number of hydrogen-bond donors (Lipinski definition) is 5. The monoisotopic (exact) mass is 1260 g/mol. The Hall–Kier alpha value is -4.87. The summed E-state index contributed by atoms with van der Waals surface area (Å²) in [6, 6.07) is 9.14. The molecule has 5 N–H and O–H groups in total. The first-order valence-corrected chi connectivity index (χ1v) is 33.7. The molecule has 0 aromatic heterocycles. The van der Waals surface area contributed by atoms with E-state index < -0.39 is 92.7 Å². The first kappa shape index (κ1) is 67.3. The Bertz CT molecular complexity index is 3720. The molecule has 83 heavy (non-hydrogen) atoms. The number of carboxylic acids is 1. The van der Waals surface area contributed by atoms with Gasteiger partial charge in [-0.1, -0.05) is 12.1 Å². The number of fused-ring (bicyclic) bond motifs is 6. The zero-order chi connectivity index (χ0) is 61.2. The predicted octanol–water partition coefficient (Wildman–Crippen LogP) is 5.66. The molecule has 2 aliphatic heterocycles. The van der Waals surface area contributed by atoms with Crippen molar-refractivity contribution in [1.29, 1.82) is 0 Å². The number of aliphatic carboxylic acids is 1. The molecule has 0 bridgehead atoms. The number of hydrogen-bond acceptors (Lipinski definition) is 19. The van der Waals surface area contributed by atoms with Crippen LogP contribution >= 0.6 is 0 Å². The number of nitrogens with zero attached hydrogens (tertiary/aromatic N) is 2. The third-order valence-corrected chi connectivity index (χ3v) is 18.7. The lowest BCUT2D eigenvalue weighted by Crippen LogP contribution is -2.33. The van der Waals surface area contributed by atoms with Gasteiger partial charge in [0.15, 0.2) is 5.71 Å². The highest BCUT2D eigenvalue weighted by molar-refractivity contribution is 7.87. The minimum atomic E-state index is -5.39. The Morgan fingerprint density at radius 3 is 1.64 bits per heavy atom. The molecule has 460 valence electrons. The molecule has 2 unspecified atom stereocenters. The van der Waals surface area contributed by atoms with E-state index in [2.05, 4.69) is 0 Å². The summed E-state index contributed by atoms with van der Waals surface area (Å²) in [5.74, 6) is -1.71. The van der Waals surface area contributed by atoms with Gasteiger partial charge in [-0.3, -0.25) is 23.0 Å². The van der Waals surface area contributed by atoms with Crippen LogP contribution in [0, 0.1) is 0 Å². The van der Waals surface area contributed by atoms with Crippen molar-refractivity contribution in [2.75, 3.05) is 104 Å². The second-order valence-corrected chi connectivity index (χ2v) is 27.2. The summed E-state index contributed by atoms with van der Waals surface area (Å²) in [4.78, 5) is 9.83. The molecule has 2 heterocycles. The molecular weight excluding hydrogens is 1190 g/mol. The number of allylic oxidation sites excluding steroid dienone is 4. The maximum absolute atomic E-state index is 12.9. The molecule has 25 nitrogen and oxygen atoms in total. The van der Waals surface area contributed by atoms with Gasteiger partial charge in [0.2, 0.25) is 5.69 Å². The largest absolute Gasteiger partial charge is 0.744 e. The number of carboxylic acid groups (broad SMARTS) is 1. The highest BCUT2D eigenvalue weighted by Crippen LogP contribution is 2.54. The number of rotatable bonds is 35. The standard InChI is InChI=1S/C53H70N2O23S5/c1-5-54-43-16-14-39-41(33-37(80(61,62)63)35-45(39)82(67,68)69)50(43)52(2,18-10-32-79(58,59)60)47(54)11-9-12-48-53(3,19-21-74-24-25-76-28-29-78-31-30-77-27-26-75-23-22-73-4)51-42-34-38(81(64,65)66)36-46(83(70,71)72)40(42)15-17-44(51)55(48)20-8-6-7-13-49(56)57/h9,11-12,14-17,33-36H,5-8,10,13,18-32H2,1-4H3,(H5-,56,57,58,59,60,61,62,63,64,65,66,67,68,69,70,71,72). The minimum absolute atomic E-state index is 0.00319. The molecule has 0 radical (unpaired) electrons. The van der Waals surface area contributed by atoms with E-state index in [-0.39, 0.29) is 98.9 Å². The van der Waals surface area contributed by atoms with E-state index in [1.807, 2.05) is 9.48 Å². The van der Waals surface area contributed by atoms with Gasteiger partial charge in [-0.25, -0.2) is 8.42 Å². The molecule has 2 atom stereocenters. The van der Waals surface area contributed by atoms with Crippen LogP contribution in [0.5, 0.6) is 0 Å². The van der Waals surface area contributed by atoms with Crippen LogP contribution in [-0.2, 0) is 94.6 Å². The number of anilines is 1. The Labute approximate surface area is 483 Å². The second-order valence-electron chi connectivity index (χ2n) is 20.1. The van der Waals surface area contributed by atoms with E-state index in [0.29, 0.717) is 99.4 Å². The summed E-state index contributed by atoms with van der Waals surface area (Å²) >= 11 is 0. The van der Waals surface area contributed by atoms with Crippen LogP contribution in [0.2, 0.25) is 0 Å². The molecule has 2 aliphatic rings. The molecule has 4 aromatic carbocycles. The topological polar surface area (TPSA) is 374 Å². The lowest BCUT2D eigenvalue weighted by molar-refractivity contribution is -0.438. The normalized spacial score (nSPS) is 18.4. The van der Waals surface area contributed by atoms with Crippen molar-refractivity contribution in [3.8, 4) is 0 Å². The third kappa shape index (κ3) is 16.8. The van der Waals surface area contributed by atoms with Gasteiger partial charge in [0.1, 0.15) is 21.6 Å². The quantitative estimate of drug-likeness (QED) is 0.0210. The van der Waals surface area contributed by atoms with E-state index in [1.165, 1.54) is 12.1 Å². The summed E-state index contributed by atoms with van der Waals surface area (Å²) in [5.41, 5.74) is -0.200. The van der Waals surface area contributed by atoms with E-state index in [1.54, 1.807) is 58.2 Å². The lowest BCUT2D eigenvalue weighted by Gasteiger charge is -2.30. The Kier molecular flexibility index (Phi) is 22.8. The molecule has 0 amide bonds. The number of ether oxygens (including phenoxy) is 6. The molecule has 0 aliphatic carbocycles. The van der Waals surface area contributed by atoms with Crippen LogP contribution in [0.4, 0.5) is 11.4 Å². The highest BCUT2D eigenvalue weighted by Gasteiger charge is 2.50. The highest BCUT2D eigenvalue weighted by atomic mass is 32.2. The second kappa shape index (κ2) is 28.1. The van der Waals surface area contributed by atoms with Crippen molar-refractivity contribution in [3.05, 3.63) is 83.6 Å². The average molecular weight is 1260 g/mol. The zero-order valence-corrected chi connectivity index (χ0v) is 50.3. The fourth-order valence-electron chi connectivity index (χ4n) is 10.8. The van der Waals surface area contributed by atoms with Crippen LogP contribution < -0.4 is 4.90 Å². The zero-order valence-electron chi connectivity index (χ0n) is 46.2. The molecule has 0 fully saturated rings. The molecular formula is C53H70N2O23S5. The van der Waals surface area contributed by atoms with Gasteiger partial charge in [0.25, 0.3) is 40.5 Å². The van der Waals surface area contributed by atoms with Gasteiger partial charge in [-0.05, 0) is 112 Å². The predicted molar refractivity (Wildman–Crippen MR) is 302 cm³/mol. The van der Waals surface area contributed by atoms with Gasteiger partial charge >= 0.3 is 5.97 Å². The first-order valence-electron chi connectivity index (χ1n) is 26.3. The van der Waals surface area contributed by atoms with Crippen LogP contribution in [0.3, 0.4) is 0 Å². The summed E-state index contributed by atoms with van der Waals surface area (Å²) in [7, 11) is -23.7. The number of carbonyl (C=O) groups is 1. The van der Waals surface area contributed by atoms with Gasteiger partial charge < -0.3 is 43.0 Å². The van der Waals surface area contributed by atoms with Crippen molar-refractivity contribution >= 4 is 95.2 Å². The summed E-state index contributed by atoms with van der Waals surface area (Å²) in [6.45, 7) is 8.84. The summed E-state index contributed by atoms with van der Waals surface area (Å²) in [6.07, 6.45) is 5.91. The van der Waals surface area contributed by atoms with Crippen molar-refractivity contribution in [1.82, 2.24) is 0 Å². The van der Waals surface area contributed by atoms with Crippen LogP contribution in [-0.4, -0.2) is 185 Å². The van der Waals surface area contributed by atoms with Gasteiger partial charge in [0.05, 0.1) is 91.9 Å². The SMILES string of the molecule is CCN1C(=CC=CC2=[N+](CCCCCC(=O)O)c3ccc4c(S(=O)(=O)[O-])cc(S(=O)(=O)O)cc4c3C2(C)CCOCCOCCOCCOCCOCCOC)C(C)(CCCS(=O)(=O)O)c2c1ccc1c(S(=O)(=O)O)cc(S(=O)(=O)O)cc21. The van der Waals surface area contributed by atoms with E-state index in [9.17, 15) is 74.8 Å². The van der Waals surface area contributed by atoms with Crippen LogP contribution in [0.1, 0.15) is 76.8 Å². The maximum atomic E-state index is 12.9. The average Bonchev–Trinajstić information content (AvgIpc) is 1.75. The Morgan fingerprint density at radius 2 is 1.13 bits per heavy atom. The molecule has 0 saturated carbocycles. The first-order chi connectivity index (χ1) is 38.9. The van der Waals surface area contributed by atoms with Crippen LogP contribution in [0.25, 0.3) is 21.5 Å². The fraction of sp³-hybridized carbons (Fsp3) is 0.509. The Balaban J connectivity index is 1.45. The number of likely N-dealkylation sites (N-methyl/N-ethyl adjacent to an activating group) is 1. The number of benzene rings is 4. The van der Waals surface area contributed by atoms with Gasteiger partial charge in [-0.2, -0.15) is 38.2 Å².